The smallest absolute Gasteiger partial charge is 0.304 e. The van der Waals surface area contributed by atoms with E-state index in [2.05, 4.69) is 0 Å². The number of rotatable bonds is 6. The summed E-state index contributed by atoms with van der Waals surface area (Å²) in [5.74, 6) is -2.24. The summed E-state index contributed by atoms with van der Waals surface area (Å²) in [7, 11) is -3.73. The van der Waals surface area contributed by atoms with Crippen LogP contribution < -0.4 is 0 Å². The van der Waals surface area contributed by atoms with Crippen LogP contribution in [0.3, 0.4) is 0 Å². The molecular weight excluding hydrogens is 256 g/mol. The van der Waals surface area contributed by atoms with Gasteiger partial charge in [0.25, 0.3) is 0 Å². The molecule has 1 rings (SSSR count). The van der Waals surface area contributed by atoms with Crippen molar-refractivity contribution in [3.63, 3.8) is 0 Å². The van der Waals surface area contributed by atoms with E-state index < -0.39 is 39.0 Å². The van der Waals surface area contributed by atoms with E-state index in [1.54, 1.807) is 18.2 Å². The molecule has 1 unspecified atom stereocenters. The number of hydrogen-bond donors (Lipinski definition) is 1. The third-order valence-electron chi connectivity index (χ3n) is 2.57. The highest BCUT2D eigenvalue weighted by molar-refractivity contribution is 7.92. The van der Waals surface area contributed by atoms with Gasteiger partial charge >= 0.3 is 5.97 Å². The maximum absolute atomic E-state index is 11.9. The summed E-state index contributed by atoms with van der Waals surface area (Å²) >= 11 is 0. The molecule has 98 valence electrons. The first kappa shape index (κ1) is 14.4. The van der Waals surface area contributed by atoms with Gasteiger partial charge in [0.2, 0.25) is 0 Å². The summed E-state index contributed by atoms with van der Waals surface area (Å²) in [5.41, 5.74) is 0.309. The minimum atomic E-state index is -3.73. The van der Waals surface area contributed by atoms with Crippen molar-refractivity contribution in [3.8, 4) is 0 Å². The Balaban J connectivity index is 2.84. The van der Waals surface area contributed by atoms with Crippen molar-refractivity contribution in [2.24, 2.45) is 0 Å². The Bertz CT molecular complexity index is 533. The Morgan fingerprint density at radius 3 is 2.28 bits per heavy atom. The highest BCUT2D eigenvalue weighted by Crippen LogP contribution is 2.11. The zero-order valence-corrected chi connectivity index (χ0v) is 10.7. The Morgan fingerprint density at radius 1 is 1.22 bits per heavy atom. The van der Waals surface area contributed by atoms with Crippen molar-refractivity contribution < 1.29 is 23.1 Å². The number of benzene rings is 1. The maximum Gasteiger partial charge on any atom is 0.304 e. The molecule has 1 aromatic carbocycles. The molecule has 0 aliphatic rings. The monoisotopic (exact) mass is 270 g/mol. The Kier molecular flexibility index (Phi) is 4.61. The molecule has 0 fully saturated rings. The average molecular weight is 270 g/mol. The third-order valence-corrected chi connectivity index (χ3v) is 4.63. The van der Waals surface area contributed by atoms with Crippen LogP contribution in [0.1, 0.15) is 23.7 Å². The van der Waals surface area contributed by atoms with E-state index in [4.69, 9.17) is 5.11 Å². The number of sulfone groups is 1. The molecule has 1 N–H and O–H groups in total. The van der Waals surface area contributed by atoms with Crippen LogP contribution in [0.15, 0.2) is 30.3 Å². The molecule has 0 spiro atoms. The van der Waals surface area contributed by atoms with Gasteiger partial charge in [-0.25, -0.2) is 8.42 Å². The minimum absolute atomic E-state index is 0.309. The number of carbonyl (C=O) groups excluding carboxylic acids is 1. The van der Waals surface area contributed by atoms with Gasteiger partial charge in [0.15, 0.2) is 15.6 Å². The first-order valence-corrected chi connectivity index (χ1v) is 7.09. The van der Waals surface area contributed by atoms with Gasteiger partial charge in [0.1, 0.15) is 5.25 Å². The molecule has 0 aliphatic heterocycles. The molecule has 0 heterocycles. The maximum atomic E-state index is 11.9. The Hall–Kier alpha value is -1.69. The van der Waals surface area contributed by atoms with Gasteiger partial charge in [-0.2, -0.15) is 0 Å². The van der Waals surface area contributed by atoms with Crippen LogP contribution in [0, 0.1) is 0 Å². The lowest BCUT2D eigenvalue weighted by Crippen LogP contribution is -2.30. The second-order valence-corrected chi connectivity index (χ2v) is 6.32. The molecule has 5 nitrogen and oxygen atoms in total. The molecule has 1 atom stereocenters. The largest absolute Gasteiger partial charge is 0.481 e. The lowest BCUT2D eigenvalue weighted by atomic mass is 10.1. The van der Waals surface area contributed by atoms with Gasteiger partial charge in [0, 0.05) is 5.56 Å². The zero-order chi connectivity index (χ0) is 13.8. The number of aliphatic carboxylic acids is 1. The van der Waals surface area contributed by atoms with Gasteiger partial charge in [-0.3, -0.25) is 9.59 Å². The van der Waals surface area contributed by atoms with Crippen molar-refractivity contribution in [2.45, 2.75) is 18.6 Å². The second-order valence-electron chi connectivity index (χ2n) is 3.88. The van der Waals surface area contributed by atoms with Gasteiger partial charge in [-0.15, -0.1) is 0 Å². The third kappa shape index (κ3) is 3.66. The number of hydrogen-bond acceptors (Lipinski definition) is 4. The number of carbonyl (C=O) groups is 2. The SMILES string of the molecule is CC(C(=O)c1ccccc1)S(=O)(=O)CCC(=O)O. The number of carboxylic acids is 1. The number of carboxylic acid groups (broad SMARTS) is 1. The molecule has 0 bridgehead atoms. The molecule has 0 saturated carbocycles. The summed E-state index contributed by atoms with van der Waals surface area (Å²) in [6.07, 6.45) is -0.491. The van der Waals surface area contributed by atoms with Crippen LogP contribution in [-0.4, -0.2) is 36.3 Å². The second kappa shape index (κ2) is 5.77. The van der Waals surface area contributed by atoms with E-state index in [9.17, 15) is 18.0 Å². The summed E-state index contributed by atoms with van der Waals surface area (Å²) in [6, 6.07) is 8.07. The predicted molar refractivity (Wildman–Crippen MR) is 66.3 cm³/mol. The fourth-order valence-electron chi connectivity index (χ4n) is 1.41. The molecule has 0 saturated heterocycles. The van der Waals surface area contributed by atoms with E-state index >= 15 is 0 Å². The molecule has 1 aromatic rings. The van der Waals surface area contributed by atoms with Crippen LogP contribution >= 0.6 is 0 Å². The summed E-state index contributed by atoms with van der Waals surface area (Å²) in [4.78, 5) is 22.3. The van der Waals surface area contributed by atoms with E-state index in [-0.39, 0.29) is 0 Å². The molecule has 0 aromatic heterocycles. The quantitative estimate of drug-likeness (QED) is 0.783. The van der Waals surface area contributed by atoms with Crippen molar-refractivity contribution in [3.05, 3.63) is 35.9 Å². The molecule has 0 radical (unpaired) electrons. The average Bonchev–Trinajstić information content (AvgIpc) is 2.36. The summed E-state index contributed by atoms with van der Waals surface area (Å²) in [6.45, 7) is 1.28. The first-order chi connectivity index (χ1) is 8.34. The van der Waals surface area contributed by atoms with Crippen LogP contribution in [0.5, 0.6) is 0 Å². The van der Waals surface area contributed by atoms with Gasteiger partial charge in [-0.05, 0) is 6.92 Å². The van der Waals surface area contributed by atoms with Gasteiger partial charge < -0.3 is 5.11 Å². The molecule has 0 amide bonds. The van der Waals surface area contributed by atoms with Gasteiger partial charge in [-0.1, -0.05) is 30.3 Å². The van der Waals surface area contributed by atoms with E-state index in [1.165, 1.54) is 19.1 Å². The lowest BCUT2D eigenvalue weighted by molar-refractivity contribution is -0.136. The topological polar surface area (TPSA) is 88.5 Å². The van der Waals surface area contributed by atoms with E-state index in [0.717, 1.165) is 0 Å². The van der Waals surface area contributed by atoms with Crippen LogP contribution in [0.4, 0.5) is 0 Å². The molecule has 6 heteroatoms. The van der Waals surface area contributed by atoms with Crippen molar-refractivity contribution in [1.29, 1.82) is 0 Å². The zero-order valence-electron chi connectivity index (χ0n) is 9.87. The molecule has 0 aliphatic carbocycles. The van der Waals surface area contributed by atoms with Crippen LogP contribution in [0.25, 0.3) is 0 Å². The lowest BCUT2D eigenvalue weighted by Gasteiger charge is -2.11. The highest BCUT2D eigenvalue weighted by Gasteiger charge is 2.28. The summed E-state index contributed by atoms with van der Waals surface area (Å²) < 4.78 is 23.5. The fourth-order valence-corrected chi connectivity index (χ4v) is 2.68. The standard InChI is InChI=1S/C12H14O5S/c1-9(18(16,17)8-7-11(13)14)12(15)10-5-3-2-4-6-10/h2-6,9H,7-8H2,1H3,(H,13,14). The van der Waals surface area contributed by atoms with Crippen molar-refractivity contribution >= 4 is 21.6 Å². The normalized spacial score (nSPS) is 12.9. The van der Waals surface area contributed by atoms with Gasteiger partial charge in [0.05, 0.1) is 12.2 Å². The molecular formula is C12H14O5S. The van der Waals surface area contributed by atoms with E-state index in [1.807, 2.05) is 0 Å². The van der Waals surface area contributed by atoms with Crippen molar-refractivity contribution in [2.75, 3.05) is 5.75 Å². The Labute approximate surface area is 105 Å². The number of ketones is 1. The van der Waals surface area contributed by atoms with E-state index in [0.29, 0.717) is 5.56 Å². The number of Topliss-reactive ketones (excluding diaryl/α,β-unsaturated/α-hetero) is 1. The fraction of sp³-hybridized carbons (Fsp3) is 0.333. The van der Waals surface area contributed by atoms with Crippen LogP contribution in [0.2, 0.25) is 0 Å². The predicted octanol–water partition coefficient (Wildman–Crippen LogP) is 1.15. The molecule has 18 heavy (non-hydrogen) atoms. The van der Waals surface area contributed by atoms with Crippen LogP contribution in [-0.2, 0) is 14.6 Å². The summed E-state index contributed by atoms with van der Waals surface area (Å²) in [5, 5.41) is 7.24. The minimum Gasteiger partial charge on any atom is -0.481 e. The first-order valence-electron chi connectivity index (χ1n) is 5.37. The van der Waals surface area contributed by atoms with Crippen molar-refractivity contribution in [1.82, 2.24) is 0 Å². The Morgan fingerprint density at radius 2 is 1.78 bits per heavy atom. The highest BCUT2D eigenvalue weighted by atomic mass is 32.2.